The first-order chi connectivity index (χ1) is 14.7. The molecular formula is C20H20ClFN2O6S. The molecule has 2 N–H and O–H groups in total. The highest BCUT2D eigenvalue weighted by Crippen LogP contribution is 2.22. The van der Waals surface area contributed by atoms with Crippen molar-refractivity contribution < 1.29 is 31.9 Å². The van der Waals surface area contributed by atoms with E-state index in [0.717, 1.165) is 25.0 Å². The zero-order valence-electron chi connectivity index (χ0n) is 16.3. The first-order valence-corrected chi connectivity index (χ1v) is 11.2. The number of halogens is 2. The summed E-state index contributed by atoms with van der Waals surface area (Å²) in [6.07, 6.45) is 1.56. The molecule has 31 heavy (non-hydrogen) atoms. The Bertz CT molecular complexity index is 1060. The first kappa shape index (κ1) is 23.1. The van der Waals surface area contributed by atoms with Crippen molar-refractivity contribution in [3.8, 4) is 0 Å². The Morgan fingerprint density at radius 3 is 2.58 bits per heavy atom. The molecule has 2 aromatic carbocycles. The van der Waals surface area contributed by atoms with E-state index < -0.39 is 34.3 Å². The number of hydrogen-bond donors (Lipinski definition) is 2. The van der Waals surface area contributed by atoms with Crippen LogP contribution in [0.15, 0.2) is 47.4 Å². The van der Waals surface area contributed by atoms with Crippen molar-refractivity contribution in [2.45, 2.75) is 23.8 Å². The van der Waals surface area contributed by atoms with Gasteiger partial charge in [-0.2, -0.15) is 0 Å². The van der Waals surface area contributed by atoms with Gasteiger partial charge in [-0.15, -0.1) is 0 Å². The highest BCUT2D eigenvalue weighted by molar-refractivity contribution is 7.89. The van der Waals surface area contributed by atoms with Crippen LogP contribution in [-0.2, 0) is 24.3 Å². The van der Waals surface area contributed by atoms with Crippen molar-refractivity contribution in [2.24, 2.45) is 0 Å². The Labute approximate surface area is 183 Å². The van der Waals surface area contributed by atoms with Crippen LogP contribution in [0.5, 0.6) is 0 Å². The Balaban J connectivity index is 1.51. The van der Waals surface area contributed by atoms with Crippen molar-refractivity contribution in [2.75, 3.05) is 25.1 Å². The molecule has 2 aromatic rings. The average Bonchev–Trinajstić information content (AvgIpc) is 3.26. The van der Waals surface area contributed by atoms with Gasteiger partial charge in [-0.05, 0) is 55.3 Å². The zero-order chi connectivity index (χ0) is 22.4. The van der Waals surface area contributed by atoms with Gasteiger partial charge < -0.3 is 14.8 Å². The highest BCUT2D eigenvalue weighted by Gasteiger charge is 2.21. The lowest BCUT2D eigenvalue weighted by molar-refractivity contribution is -0.119. The van der Waals surface area contributed by atoms with E-state index in [2.05, 4.69) is 10.0 Å². The molecule has 0 bridgehead atoms. The summed E-state index contributed by atoms with van der Waals surface area (Å²) in [5, 5.41) is 2.40. The molecule has 0 spiro atoms. The number of hydrogen-bond acceptors (Lipinski definition) is 6. The molecule has 1 saturated heterocycles. The van der Waals surface area contributed by atoms with E-state index in [1.165, 1.54) is 30.3 Å². The Morgan fingerprint density at radius 1 is 1.19 bits per heavy atom. The minimum atomic E-state index is -3.74. The summed E-state index contributed by atoms with van der Waals surface area (Å²) in [7, 11) is -3.74. The summed E-state index contributed by atoms with van der Waals surface area (Å²) in [5.74, 6) is -2.03. The van der Waals surface area contributed by atoms with Crippen LogP contribution in [0.3, 0.4) is 0 Å². The van der Waals surface area contributed by atoms with E-state index in [1.807, 2.05) is 0 Å². The molecule has 1 heterocycles. The van der Waals surface area contributed by atoms with E-state index >= 15 is 0 Å². The third-order valence-electron chi connectivity index (χ3n) is 4.46. The molecule has 0 radical (unpaired) electrons. The maximum Gasteiger partial charge on any atom is 0.338 e. The third kappa shape index (κ3) is 6.47. The van der Waals surface area contributed by atoms with Crippen LogP contribution in [0.4, 0.5) is 10.1 Å². The molecule has 1 aliphatic rings. The number of ether oxygens (including phenoxy) is 2. The van der Waals surface area contributed by atoms with Crippen LogP contribution in [0, 0.1) is 5.82 Å². The van der Waals surface area contributed by atoms with Gasteiger partial charge in [-0.25, -0.2) is 22.3 Å². The summed E-state index contributed by atoms with van der Waals surface area (Å²) in [4.78, 5) is 24.0. The van der Waals surface area contributed by atoms with E-state index in [9.17, 15) is 22.4 Å². The Morgan fingerprint density at radius 2 is 1.94 bits per heavy atom. The predicted octanol–water partition coefficient (Wildman–Crippen LogP) is 2.73. The summed E-state index contributed by atoms with van der Waals surface area (Å²) >= 11 is 5.82. The topological polar surface area (TPSA) is 111 Å². The first-order valence-electron chi connectivity index (χ1n) is 9.38. The summed E-state index contributed by atoms with van der Waals surface area (Å²) in [6.45, 7) is 0.201. The molecule has 1 amide bonds. The SMILES string of the molecule is O=C(COC(=O)c1ccc(S(=O)(=O)NCC2CCCO2)cc1)Nc1ccc(F)cc1Cl. The van der Waals surface area contributed by atoms with Crippen molar-refractivity contribution in [3.05, 3.63) is 58.9 Å². The molecule has 3 rings (SSSR count). The zero-order valence-corrected chi connectivity index (χ0v) is 17.8. The number of nitrogens with one attached hydrogen (secondary N) is 2. The second-order valence-electron chi connectivity index (χ2n) is 6.76. The lowest BCUT2D eigenvalue weighted by Crippen LogP contribution is -2.31. The highest BCUT2D eigenvalue weighted by atomic mass is 35.5. The van der Waals surface area contributed by atoms with Crippen LogP contribution in [0.1, 0.15) is 23.2 Å². The number of amides is 1. The standard InChI is InChI=1S/C20H20ClFN2O6S/c21-17-10-14(22)5-8-18(17)24-19(25)12-30-20(26)13-3-6-16(7-4-13)31(27,28)23-11-15-2-1-9-29-15/h3-8,10,15,23H,1-2,9,11-12H2,(H,24,25). The number of carbonyl (C=O) groups is 2. The lowest BCUT2D eigenvalue weighted by Gasteiger charge is -2.12. The van der Waals surface area contributed by atoms with Gasteiger partial charge >= 0.3 is 5.97 Å². The fourth-order valence-corrected chi connectivity index (χ4v) is 4.13. The van der Waals surface area contributed by atoms with Crippen LogP contribution in [0.25, 0.3) is 0 Å². The van der Waals surface area contributed by atoms with Gasteiger partial charge in [0.2, 0.25) is 10.0 Å². The molecule has 1 unspecified atom stereocenters. The lowest BCUT2D eigenvalue weighted by atomic mass is 10.2. The van der Waals surface area contributed by atoms with E-state index in [4.69, 9.17) is 21.1 Å². The average molecular weight is 471 g/mol. The van der Waals surface area contributed by atoms with Crippen LogP contribution >= 0.6 is 11.6 Å². The van der Waals surface area contributed by atoms with Gasteiger partial charge in [0, 0.05) is 13.2 Å². The minimum Gasteiger partial charge on any atom is -0.452 e. The molecule has 11 heteroatoms. The Kier molecular flexibility index (Phi) is 7.60. The number of esters is 1. The van der Waals surface area contributed by atoms with Gasteiger partial charge in [0.1, 0.15) is 5.82 Å². The van der Waals surface area contributed by atoms with Crippen LogP contribution in [-0.4, -0.2) is 46.2 Å². The van der Waals surface area contributed by atoms with Crippen molar-refractivity contribution in [3.63, 3.8) is 0 Å². The van der Waals surface area contributed by atoms with Gasteiger partial charge in [0.05, 0.1) is 27.3 Å². The molecule has 0 saturated carbocycles. The molecule has 0 aliphatic carbocycles. The van der Waals surface area contributed by atoms with Gasteiger partial charge in [0.25, 0.3) is 5.91 Å². The monoisotopic (exact) mass is 470 g/mol. The third-order valence-corrected chi connectivity index (χ3v) is 6.22. The second kappa shape index (κ2) is 10.2. The van der Waals surface area contributed by atoms with Crippen molar-refractivity contribution >= 4 is 39.2 Å². The summed E-state index contributed by atoms with van der Waals surface area (Å²) in [6, 6.07) is 8.56. The van der Waals surface area contributed by atoms with Gasteiger partial charge in [-0.3, -0.25) is 4.79 Å². The molecular weight excluding hydrogens is 451 g/mol. The van der Waals surface area contributed by atoms with Crippen molar-refractivity contribution in [1.29, 1.82) is 0 Å². The second-order valence-corrected chi connectivity index (χ2v) is 8.93. The van der Waals surface area contributed by atoms with E-state index in [-0.39, 0.29) is 33.8 Å². The number of anilines is 1. The largest absolute Gasteiger partial charge is 0.452 e. The summed E-state index contributed by atoms with van der Waals surface area (Å²) in [5.41, 5.74) is 0.250. The van der Waals surface area contributed by atoms with E-state index in [1.54, 1.807) is 0 Å². The molecule has 166 valence electrons. The summed E-state index contributed by atoms with van der Waals surface area (Å²) < 4.78 is 50.5. The van der Waals surface area contributed by atoms with Gasteiger partial charge in [-0.1, -0.05) is 11.6 Å². The quantitative estimate of drug-likeness (QED) is 0.574. The number of benzene rings is 2. The fourth-order valence-electron chi connectivity index (χ4n) is 2.85. The molecule has 0 aromatic heterocycles. The van der Waals surface area contributed by atoms with Crippen molar-refractivity contribution in [1.82, 2.24) is 4.72 Å². The smallest absolute Gasteiger partial charge is 0.338 e. The fraction of sp³-hybridized carbons (Fsp3) is 0.300. The maximum atomic E-state index is 13.0. The van der Waals surface area contributed by atoms with E-state index in [0.29, 0.717) is 6.61 Å². The number of sulfonamides is 1. The maximum absolute atomic E-state index is 13.0. The van der Waals surface area contributed by atoms with Gasteiger partial charge in [0.15, 0.2) is 6.61 Å². The number of rotatable bonds is 8. The normalized spacial score (nSPS) is 16.1. The Hall–Kier alpha value is -2.53. The van der Waals surface area contributed by atoms with Crippen LogP contribution in [0.2, 0.25) is 5.02 Å². The molecule has 1 atom stereocenters. The number of carbonyl (C=O) groups excluding carboxylic acids is 2. The minimum absolute atomic E-state index is 0.00424. The molecule has 1 fully saturated rings. The molecule has 1 aliphatic heterocycles. The predicted molar refractivity (Wildman–Crippen MR) is 111 cm³/mol. The molecule has 8 nitrogen and oxygen atoms in total. The van der Waals surface area contributed by atoms with Crippen LogP contribution < -0.4 is 10.0 Å².